The predicted octanol–water partition coefficient (Wildman–Crippen LogP) is 1.59. The molecule has 19 heavy (non-hydrogen) atoms. The zero-order valence-corrected chi connectivity index (χ0v) is 11.5. The van der Waals surface area contributed by atoms with E-state index in [0.29, 0.717) is 31.5 Å². The van der Waals surface area contributed by atoms with Crippen molar-refractivity contribution < 1.29 is 13.9 Å². The Kier molecular flexibility index (Phi) is 3.86. The molecule has 0 saturated carbocycles. The van der Waals surface area contributed by atoms with E-state index in [0.717, 1.165) is 5.69 Å². The van der Waals surface area contributed by atoms with Crippen molar-refractivity contribution in [3.8, 4) is 0 Å². The molecular formula is C12H18ClF2N3O. The summed E-state index contributed by atoms with van der Waals surface area (Å²) >= 11 is 0. The molecule has 2 aliphatic rings. The van der Waals surface area contributed by atoms with Gasteiger partial charge in [0, 0.05) is 31.1 Å². The van der Waals surface area contributed by atoms with Crippen LogP contribution in [0.5, 0.6) is 0 Å². The van der Waals surface area contributed by atoms with Crippen molar-refractivity contribution in [2.75, 3.05) is 0 Å². The van der Waals surface area contributed by atoms with Gasteiger partial charge in [-0.05, 0) is 19.8 Å². The lowest BCUT2D eigenvalue weighted by atomic mass is 9.97. The fourth-order valence-electron chi connectivity index (χ4n) is 2.85. The number of aromatic nitrogens is 2. The molecule has 3 heterocycles. The Labute approximate surface area is 116 Å². The highest BCUT2D eigenvalue weighted by Gasteiger charge is 2.47. The van der Waals surface area contributed by atoms with E-state index in [1.54, 1.807) is 0 Å². The lowest BCUT2D eigenvalue weighted by Gasteiger charge is -2.24. The van der Waals surface area contributed by atoms with Gasteiger partial charge < -0.3 is 10.4 Å². The van der Waals surface area contributed by atoms with Crippen LogP contribution in [-0.4, -0.2) is 27.0 Å². The number of nitrogens with one attached hydrogen (secondary N) is 1. The Morgan fingerprint density at radius 2 is 2.21 bits per heavy atom. The first kappa shape index (κ1) is 14.7. The van der Waals surface area contributed by atoms with Crippen LogP contribution in [0.3, 0.4) is 0 Å². The maximum atomic E-state index is 14.2. The van der Waals surface area contributed by atoms with E-state index in [-0.39, 0.29) is 30.6 Å². The van der Waals surface area contributed by atoms with E-state index >= 15 is 0 Å². The van der Waals surface area contributed by atoms with E-state index in [1.807, 2.05) is 6.92 Å². The summed E-state index contributed by atoms with van der Waals surface area (Å²) in [6.07, 6.45) is -0.275. The van der Waals surface area contributed by atoms with Crippen LogP contribution >= 0.6 is 12.4 Å². The third-order valence-electron chi connectivity index (χ3n) is 3.84. The van der Waals surface area contributed by atoms with E-state index < -0.39 is 12.0 Å². The molecule has 0 bridgehead atoms. The average molecular weight is 294 g/mol. The van der Waals surface area contributed by atoms with Crippen LogP contribution < -0.4 is 5.32 Å². The van der Waals surface area contributed by atoms with E-state index in [1.165, 1.54) is 4.68 Å². The monoisotopic (exact) mass is 293 g/mol. The molecule has 4 nitrogen and oxygen atoms in total. The van der Waals surface area contributed by atoms with E-state index in [2.05, 4.69) is 10.4 Å². The molecule has 2 atom stereocenters. The van der Waals surface area contributed by atoms with Crippen molar-refractivity contribution in [3.63, 3.8) is 0 Å². The number of halogens is 3. The number of aliphatic hydroxyl groups excluding tert-OH is 1. The maximum Gasteiger partial charge on any atom is 0.314 e. The molecule has 1 unspecified atom stereocenters. The van der Waals surface area contributed by atoms with Crippen LogP contribution in [-0.2, 0) is 25.4 Å². The quantitative estimate of drug-likeness (QED) is 0.764. The number of alkyl halides is 2. The van der Waals surface area contributed by atoms with Crippen molar-refractivity contribution in [3.05, 3.63) is 17.0 Å². The molecular weight excluding hydrogens is 276 g/mol. The van der Waals surface area contributed by atoms with Crippen LogP contribution in [0.4, 0.5) is 8.78 Å². The minimum absolute atomic E-state index is 0. The summed E-state index contributed by atoms with van der Waals surface area (Å²) in [5, 5.41) is 17.1. The topological polar surface area (TPSA) is 50.1 Å². The summed E-state index contributed by atoms with van der Waals surface area (Å²) in [6, 6.07) is 0.259. The highest BCUT2D eigenvalue weighted by atomic mass is 35.5. The van der Waals surface area contributed by atoms with Gasteiger partial charge in [0.1, 0.15) is 11.8 Å². The summed E-state index contributed by atoms with van der Waals surface area (Å²) in [5.74, 6) is -3.20. The third kappa shape index (κ3) is 2.26. The van der Waals surface area contributed by atoms with Gasteiger partial charge >= 0.3 is 5.92 Å². The van der Waals surface area contributed by atoms with Crippen LogP contribution in [0.2, 0.25) is 0 Å². The highest BCUT2D eigenvalue weighted by Crippen LogP contribution is 2.40. The summed E-state index contributed by atoms with van der Waals surface area (Å²) in [7, 11) is 0. The zero-order chi connectivity index (χ0) is 12.9. The van der Waals surface area contributed by atoms with Gasteiger partial charge in [0.15, 0.2) is 0 Å². The fourth-order valence-corrected chi connectivity index (χ4v) is 2.85. The van der Waals surface area contributed by atoms with Gasteiger partial charge in [-0.25, -0.2) is 0 Å². The Morgan fingerprint density at radius 3 is 2.95 bits per heavy atom. The van der Waals surface area contributed by atoms with E-state index in [9.17, 15) is 13.9 Å². The first-order valence-corrected chi connectivity index (χ1v) is 6.38. The molecule has 7 heteroatoms. The van der Waals surface area contributed by atoms with Crippen LogP contribution in [0.1, 0.15) is 36.7 Å². The minimum atomic E-state index is -3.20. The number of nitrogens with zero attached hydrogens (tertiary/aromatic N) is 2. The smallest absolute Gasteiger partial charge is 0.314 e. The predicted molar refractivity (Wildman–Crippen MR) is 68.6 cm³/mol. The lowest BCUT2D eigenvalue weighted by Crippen LogP contribution is -2.36. The van der Waals surface area contributed by atoms with Crippen LogP contribution in [0, 0.1) is 0 Å². The van der Waals surface area contributed by atoms with E-state index in [4.69, 9.17) is 0 Å². The van der Waals surface area contributed by atoms with Crippen molar-refractivity contribution in [2.45, 2.75) is 57.3 Å². The number of aliphatic hydroxyl groups is 1. The number of rotatable bonds is 0. The molecule has 0 aromatic carbocycles. The number of hydrogen-bond acceptors (Lipinski definition) is 3. The van der Waals surface area contributed by atoms with Gasteiger partial charge in [0.2, 0.25) is 0 Å². The SMILES string of the molecule is C[C@@H]1Cc2nn3c(c2CN1)C(F)(F)C(O)CCC3.Cl. The van der Waals surface area contributed by atoms with Crippen molar-refractivity contribution in [2.24, 2.45) is 0 Å². The summed E-state index contributed by atoms with van der Waals surface area (Å²) in [4.78, 5) is 0. The Morgan fingerprint density at radius 1 is 1.47 bits per heavy atom. The minimum Gasteiger partial charge on any atom is -0.386 e. The number of hydrogen-bond donors (Lipinski definition) is 2. The van der Waals surface area contributed by atoms with Gasteiger partial charge in [-0.2, -0.15) is 13.9 Å². The molecule has 0 radical (unpaired) electrons. The van der Waals surface area contributed by atoms with Crippen molar-refractivity contribution >= 4 is 12.4 Å². The Bertz CT molecular complexity index is 478. The van der Waals surface area contributed by atoms with Gasteiger partial charge in [-0.15, -0.1) is 12.4 Å². The standard InChI is InChI=1S/C12H17F2N3O.ClH/c1-7-5-9-8(6-15-7)11-12(13,14)10(18)3-2-4-17(11)16-9;/h7,10,15,18H,2-6H2,1H3;1H/t7-,10?;/m1./s1. The summed E-state index contributed by atoms with van der Waals surface area (Å²) in [6.45, 7) is 2.89. The van der Waals surface area contributed by atoms with Crippen LogP contribution in [0.15, 0.2) is 0 Å². The molecule has 0 saturated heterocycles. The van der Waals surface area contributed by atoms with Gasteiger partial charge in [-0.1, -0.05) is 0 Å². The molecule has 108 valence electrons. The molecule has 3 rings (SSSR count). The summed E-state index contributed by atoms with van der Waals surface area (Å²) in [5.41, 5.74) is 1.26. The largest absolute Gasteiger partial charge is 0.386 e. The molecule has 1 aromatic rings. The maximum absolute atomic E-state index is 14.2. The van der Waals surface area contributed by atoms with Crippen molar-refractivity contribution in [1.82, 2.24) is 15.1 Å². The highest BCUT2D eigenvalue weighted by molar-refractivity contribution is 5.85. The second-order valence-electron chi connectivity index (χ2n) is 5.26. The molecule has 0 aliphatic carbocycles. The molecule has 0 amide bonds. The second kappa shape index (κ2) is 5.00. The summed E-state index contributed by atoms with van der Waals surface area (Å²) < 4.78 is 29.9. The van der Waals surface area contributed by atoms with Gasteiger partial charge in [0.05, 0.1) is 5.69 Å². The molecule has 0 fully saturated rings. The second-order valence-corrected chi connectivity index (χ2v) is 5.26. The molecule has 2 N–H and O–H groups in total. The molecule has 1 aromatic heterocycles. The Balaban J connectivity index is 0.00000133. The zero-order valence-electron chi connectivity index (χ0n) is 10.7. The van der Waals surface area contributed by atoms with Gasteiger partial charge in [0.25, 0.3) is 0 Å². The van der Waals surface area contributed by atoms with Gasteiger partial charge in [-0.3, -0.25) is 4.68 Å². The Hall–Kier alpha value is -0.720. The lowest BCUT2D eigenvalue weighted by molar-refractivity contribution is -0.119. The number of fused-ring (bicyclic) bond motifs is 3. The first-order valence-electron chi connectivity index (χ1n) is 6.38. The average Bonchev–Trinajstić information content (AvgIpc) is 2.61. The molecule has 0 spiro atoms. The fraction of sp³-hybridized carbons (Fsp3) is 0.750. The van der Waals surface area contributed by atoms with Crippen LogP contribution in [0.25, 0.3) is 0 Å². The van der Waals surface area contributed by atoms with Crippen molar-refractivity contribution in [1.29, 1.82) is 0 Å². The third-order valence-corrected chi connectivity index (χ3v) is 3.84. The normalized spacial score (nSPS) is 28.8. The first-order chi connectivity index (χ1) is 8.50. The molecule has 2 aliphatic heterocycles. The number of aryl methyl sites for hydroxylation is 1.